The predicted octanol–water partition coefficient (Wildman–Crippen LogP) is 1.73. The van der Waals surface area contributed by atoms with Gasteiger partial charge in [-0.2, -0.15) is 20.1 Å². The van der Waals surface area contributed by atoms with E-state index in [1.807, 2.05) is 36.4 Å². The zero-order valence-corrected chi connectivity index (χ0v) is 15.3. The molecule has 1 aliphatic rings. The molecular formula is C19H23N7O. The number of para-hydroxylation sites is 1. The van der Waals surface area contributed by atoms with Gasteiger partial charge in [-0.15, -0.1) is 0 Å². The summed E-state index contributed by atoms with van der Waals surface area (Å²) in [5, 5.41) is 19.3. The highest BCUT2D eigenvalue weighted by molar-refractivity contribution is 5.92. The number of hydrogen-bond acceptors (Lipinski definition) is 5. The second kappa shape index (κ2) is 7.71. The number of nitrogens with zero attached hydrogens (tertiary/aromatic N) is 5. The van der Waals surface area contributed by atoms with Crippen molar-refractivity contribution in [1.29, 1.82) is 0 Å². The minimum absolute atomic E-state index is 0.124. The highest BCUT2D eigenvalue weighted by atomic mass is 16.2. The molecule has 1 fully saturated rings. The lowest BCUT2D eigenvalue weighted by atomic mass is 9.94. The number of carbonyl (C=O) groups excluding carboxylic acids is 1. The molecular weight excluding hydrogens is 342 g/mol. The van der Waals surface area contributed by atoms with E-state index >= 15 is 0 Å². The van der Waals surface area contributed by atoms with E-state index in [1.165, 1.54) is 0 Å². The molecule has 0 saturated carbocycles. The van der Waals surface area contributed by atoms with Gasteiger partial charge in [0.25, 0.3) is 5.91 Å². The molecule has 3 heterocycles. The summed E-state index contributed by atoms with van der Waals surface area (Å²) in [7, 11) is 1.75. The van der Waals surface area contributed by atoms with Gasteiger partial charge in [0.2, 0.25) is 0 Å². The first kappa shape index (κ1) is 17.4. The van der Waals surface area contributed by atoms with Gasteiger partial charge in [0.15, 0.2) is 0 Å². The van der Waals surface area contributed by atoms with E-state index in [9.17, 15) is 4.79 Å². The standard InChI is InChI=1S/C19H23N7O/c1-25(13-15-12-21-26(24-15)16-5-3-2-4-6-16)19(27)18-11-17(22-23-18)14-7-9-20-10-8-14/h2-6,11-12,14,20H,7-10,13H2,1H3,(H,22,23). The minimum atomic E-state index is -0.124. The average Bonchev–Trinajstić information content (AvgIpc) is 3.39. The van der Waals surface area contributed by atoms with Crippen LogP contribution in [0.3, 0.4) is 0 Å². The fraction of sp³-hybridized carbons (Fsp3) is 0.368. The Morgan fingerprint density at radius 2 is 2.04 bits per heavy atom. The van der Waals surface area contributed by atoms with Gasteiger partial charge in [-0.25, -0.2) is 0 Å². The number of aromatic amines is 1. The van der Waals surface area contributed by atoms with Crippen LogP contribution < -0.4 is 5.32 Å². The second-order valence-electron chi connectivity index (χ2n) is 6.85. The largest absolute Gasteiger partial charge is 0.334 e. The Labute approximate surface area is 157 Å². The summed E-state index contributed by atoms with van der Waals surface area (Å²) < 4.78 is 0. The molecule has 0 bridgehead atoms. The highest BCUT2D eigenvalue weighted by Gasteiger charge is 2.21. The first-order valence-electron chi connectivity index (χ1n) is 9.19. The van der Waals surface area contributed by atoms with Gasteiger partial charge < -0.3 is 10.2 Å². The first-order chi connectivity index (χ1) is 13.2. The van der Waals surface area contributed by atoms with Gasteiger partial charge in [-0.1, -0.05) is 18.2 Å². The van der Waals surface area contributed by atoms with Crippen molar-refractivity contribution in [3.05, 3.63) is 59.7 Å². The molecule has 0 spiro atoms. The van der Waals surface area contributed by atoms with E-state index in [1.54, 1.807) is 22.9 Å². The topological polar surface area (TPSA) is 91.7 Å². The Morgan fingerprint density at radius 3 is 2.81 bits per heavy atom. The molecule has 1 aliphatic heterocycles. The van der Waals surface area contributed by atoms with E-state index in [0.29, 0.717) is 18.2 Å². The number of hydrogen-bond donors (Lipinski definition) is 2. The molecule has 2 N–H and O–H groups in total. The normalized spacial score (nSPS) is 15.0. The molecule has 1 saturated heterocycles. The lowest BCUT2D eigenvalue weighted by Crippen LogP contribution is -2.27. The number of nitrogens with one attached hydrogen (secondary N) is 2. The maximum absolute atomic E-state index is 12.7. The van der Waals surface area contributed by atoms with Gasteiger partial charge in [0.05, 0.1) is 18.4 Å². The van der Waals surface area contributed by atoms with Crippen LogP contribution in [0.5, 0.6) is 0 Å². The van der Waals surface area contributed by atoms with Crippen LogP contribution in [0.15, 0.2) is 42.6 Å². The van der Waals surface area contributed by atoms with Gasteiger partial charge >= 0.3 is 0 Å². The van der Waals surface area contributed by atoms with E-state index in [0.717, 1.165) is 43.0 Å². The van der Waals surface area contributed by atoms with Crippen LogP contribution in [0.25, 0.3) is 5.69 Å². The molecule has 27 heavy (non-hydrogen) atoms. The van der Waals surface area contributed by atoms with Gasteiger partial charge in [0, 0.05) is 18.7 Å². The highest BCUT2D eigenvalue weighted by Crippen LogP contribution is 2.24. The summed E-state index contributed by atoms with van der Waals surface area (Å²) in [6, 6.07) is 11.6. The zero-order chi connectivity index (χ0) is 18.6. The summed E-state index contributed by atoms with van der Waals surface area (Å²) in [6.45, 7) is 2.38. The summed E-state index contributed by atoms with van der Waals surface area (Å²) in [6.07, 6.45) is 3.81. The van der Waals surface area contributed by atoms with Crippen LogP contribution in [-0.2, 0) is 6.54 Å². The van der Waals surface area contributed by atoms with Gasteiger partial charge in [-0.3, -0.25) is 9.89 Å². The number of amides is 1. The quantitative estimate of drug-likeness (QED) is 0.718. The minimum Gasteiger partial charge on any atom is -0.334 e. The molecule has 1 amide bonds. The predicted molar refractivity (Wildman–Crippen MR) is 101 cm³/mol. The van der Waals surface area contributed by atoms with Crippen LogP contribution in [0.1, 0.15) is 40.6 Å². The Morgan fingerprint density at radius 1 is 1.26 bits per heavy atom. The number of benzene rings is 1. The molecule has 0 aliphatic carbocycles. The van der Waals surface area contributed by atoms with Gasteiger partial charge in [0.1, 0.15) is 11.4 Å². The van der Waals surface area contributed by atoms with Crippen molar-refractivity contribution in [3.8, 4) is 5.69 Å². The number of piperidine rings is 1. The summed E-state index contributed by atoms with van der Waals surface area (Å²) in [5.41, 5.74) is 3.10. The number of carbonyl (C=O) groups is 1. The Bertz CT molecular complexity index is 896. The van der Waals surface area contributed by atoms with Crippen molar-refractivity contribution < 1.29 is 4.79 Å². The monoisotopic (exact) mass is 365 g/mol. The van der Waals surface area contributed by atoms with Crippen molar-refractivity contribution in [3.63, 3.8) is 0 Å². The van der Waals surface area contributed by atoms with Crippen molar-refractivity contribution in [2.75, 3.05) is 20.1 Å². The van der Waals surface area contributed by atoms with Crippen molar-refractivity contribution in [2.45, 2.75) is 25.3 Å². The lowest BCUT2D eigenvalue weighted by Gasteiger charge is -2.20. The molecule has 3 aromatic rings. The molecule has 0 atom stereocenters. The molecule has 4 rings (SSSR count). The SMILES string of the molecule is CN(Cc1cnn(-c2ccccc2)n1)C(=O)c1cc(C2CCNCC2)[nH]n1. The fourth-order valence-corrected chi connectivity index (χ4v) is 3.35. The van der Waals surface area contributed by atoms with Crippen molar-refractivity contribution in [2.24, 2.45) is 0 Å². The molecule has 8 nitrogen and oxygen atoms in total. The Hall–Kier alpha value is -3.00. The van der Waals surface area contributed by atoms with Crippen LogP contribution in [-0.4, -0.2) is 56.1 Å². The van der Waals surface area contributed by atoms with Crippen LogP contribution >= 0.6 is 0 Å². The number of rotatable bonds is 5. The maximum atomic E-state index is 12.7. The zero-order valence-electron chi connectivity index (χ0n) is 15.3. The van der Waals surface area contributed by atoms with E-state index in [-0.39, 0.29) is 5.91 Å². The third-order valence-corrected chi connectivity index (χ3v) is 4.87. The van der Waals surface area contributed by atoms with E-state index in [2.05, 4.69) is 25.7 Å². The lowest BCUT2D eigenvalue weighted by molar-refractivity contribution is 0.0777. The molecule has 0 radical (unpaired) electrons. The average molecular weight is 365 g/mol. The van der Waals surface area contributed by atoms with E-state index < -0.39 is 0 Å². The molecule has 140 valence electrons. The molecule has 1 aromatic carbocycles. The third kappa shape index (κ3) is 3.90. The fourth-order valence-electron chi connectivity index (χ4n) is 3.35. The number of aromatic nitrogens is 5. The first-order valence-corrected chi connectivity index (χ1v) is 9.19. The maximum Gasteiger partial charge on any atom is 0.274 e. The van der Waals surface area contributed by atoms with Crippen molar-refractivity contribution >= 4 is 5.91 Å². The Kier molecular flexibility index (Phi) is 4.97. The van der Waals surface area contributed by atoms with Gasteiger partial charge in [-0.05, 0) is 44.1 Å². The third-order valence-electron chi connectivity index (χ3n) is 4.87. The number of H-pyrrole nitrogens is 1. The second-order valence-corrected chi connectivity index (χ2v) is 6.85. The Balaban J connectivity index is 1.41. The molecule has 2 aromatic heterocycles. The van der Waals surface area contributed by atoms with Crippen molar-refractivity contribution in [1.82, 2.24) is 35.4 Å². The van der Waals surface area contributed by atoms with E-state index in [4.69, 9.17) is 0 Å². The molecule has 0 unspecified atom stereocenters. The molecule has 8 heteroatoms. The smallest absolute Gasteiger partial charge is 0.274 e. The summed E-state index contributed by atoms with van der Waals surface area (Å²) in [5.74, 6) is 0.317. The van der Waals surface area contributed by atoms with Crippen LogP contribution in [0.2, 0.25) is 0 Å². The summed E-state index contributed by atoms with van der Waals surface area (Å²) in [4.78, 5) is 15.9. The van der Waals surface area contributed by atoms with Crippen LogP contribution in [0.4, 0.5) is 0 Å². The summed E-state index contributed by atoms with van der Waals surface area (Å²) >= 11 is 0. The van der Waals surface area contributed by atoms with Crippen LogP contribution in [0, 0.1) is 0 Å².